The second-order valence-corrected chi connectivity index (χ2v) is 5.51. The predicted molar refractivity (Wildman–Crippen MR) is 76.3 cm³/mol. The number of alkyl halides is 3. The first-order valence-electron chi connectivity index (χ1n) is 6.37. The van der Waals surface area contributed by atoms with Crippen molar-refractivity contribution in [1.29, 1.82) is 0 Å². The highest BCUT2D eigenvalue weighted by atomic mass is 32.1. The highest BCUT2D eigenvalue weighted by Crippen LogP contribution is 2.29. The second-order valence-electron chi connectivity index (χ2n) is 4.73. The number of nitrogens with zero attached hydrogens (tertiary/aromatic N) is 3. The van der Waals surface area contributed by atoms with E-state index in [2.05, 4.69) is 22.4 Å². The van der Waals surface area contributed by atoms with Crippen LogP contribution in [0.3, 0.4) is 0 Å². The molecule has 0 aliphatic heterocycles. The Labute approximate surface area is 129 Å². The molecule has 3 aromatic rings. The Hall–Kier alpha value is -2.33. The summed E-state index contributed by atoms with van der Waals surface area (Å²) in [5.74, 6) is 0. The van der Waals surface area contributed by atoms with E-state index in [1.807, 2.05) is 23.8 Å². The van der Waals surface area contributed by atoms with Gasteiger partial charge in [-0.25, -0.2) is 4.68 Å². The summed E-state index contributed by atoms with van der Waals surface area (Å²) in [6, 6.07) is 8.96. The van der Waals surface area contributed by atoms with Gasteiger partial charge in [0.25, 0.3) is 0 Å². The molecular weight excluding hydrogens is 311 g/mol. The van der Waals surface area contributed by atoms with Gasteiger partial charge < -0.3 is 0 Å². The summed E-state index contributed by atoms with van der Waals surface area (Å²) in [5, 5.41) is 12.0. The molecule has 0 atom stereocenters. The van der Waals surface area contributed by atoms with Gasteiger partial charge in [-0.2, -0.15) is 24.5 Å². The van der Waals surface area contributed by atoms with Gasteiger partial charge in [-0.15, -0.1) is 5.10 Å². The van der Waals surface area contributed by atoms with Crippen molar-refractivity contribution in [3.8, 4) is 11.3 Å². The van der Waals surface area contributed by atoms with E-state index in [1.165, 1.54) is 0 Å². The molecule has 2 heterocycles. The molecule has 0 aliphatic rings. The highest BCUT2D eigenvalue weighted by Gasteiger charge is 2.30. The molecule has 0 radical (unpaired) electrons. The molecule has 0 saturated carbocycles. The van der Waals surface area contributed by atoms with E-state index in [0.29, 0.717) is 5.56 Å². The molecule has 3 nitrogen and oxygen atoms in total. The Morgan fingerprint density at radius 1 is 1.36 bits per heavy atom. The van der Waals surface area contributed by atoms with E-state index < -0.39 is 11.7 Å². The molecule has 0 aliphatic carbocycles. The van der Waals surface area contributed by atoms with Gasteiger partial charge in [-0.05, 0) is 24.4 Å². The molecule has 2 aromatic heterocycles. The van der Waals surface area contributed by atoms with E-state index in [0.717, 1.165) is 29.1 Å². The SMILES string of the molecule is Cc1c(-c2ccsc2)nnn1Cc1c#ccc(C(F)(F)F)c1. The molecule has 0 bridgehead atoms. The highest BCUT2D eigenvalue weighted by molar-refractivity contribution is 7.08. The van der Waals surface area contributed by atoms with Crippen molar-refractivity contribution in [3.63, 3.8) is 0 Å². The minimum Gasteiger partial charge on any atom is -0.244 e. The second kappa shape index (κ2) is 5.46. The predicted octanol–water partition coefficient (Wildman–Crippen LogP) is 3.98. The Morgan fingerprint density at radius 3 is 2.86 bits per heavy atom. The average molecular weight is 321 g/mol. The number of halogens is 3. The van der Waals surface area contributed by atoms with Gasteiger partial charge in [0, 0.05) is 22.6 Å². The van der Waals surface area contributed by atoms with Crippen molar-refractivity contribution in [1.82, 2.24) is 15.0 Å². The maximum Gasteiger partial charge on any atom is 0.417 e. The Bertz CT molecular complexity index is 776. The molecule has 112 valence electrons. The summed E-state index contributed by atoms with van der Waals surface area (Å²) in [5.41, 5.74) is 2.10. The first-order chi connectivity index (χ1) is 10.4. The standard InChI is InChI=1S/C15H10F3N3S/c1-10-14(12-5-6-22-9-12)19-20-21(10)8-11-3-2-4-13(7-11)15(16,17)18/h4-7,9H,8H2,1H3. The van der Waals surface area contributed by atoms with Gasteiger partial charge in [0.2, 0.25) is 0 Å². The van der Waals surface area contributed by atoms with Gasteiger partial charge >= 0.3 is 6.18 Å². The van der Waals surface area contributed by atoms with Gasteiger partial charge in [0.15, 0.2) is 0 Å². The molecular formula is C15H10F3N3S. The molecule has 3 rings (SSSR count). The Kier molecular flexibility index (Phi) is 3.62. The third kappa shape index (κ3) is 2.83. The van der Waals surface area contributed by atoms with Crippen LogP contribution < -0.4 is 0 Å². The number of hydrogen-bond donors (Lipinski definition) is 0. The summed E-state index contributed by atoms with van der Waals surface area (Å²) < 4.78 is 39.7. The lowest BCUT2D eigenvalue weighted by atomic mass is 10.1. The number of thiophene rings is 1. The number of rotatable bonds is 3. The maximum atomic E-state index is 12.7. The van der Waals surface area contributed by atoms with Gasteiger partial charge in [0.1, 0.15) is 5.69 Å². The fourth-order valence-corrected chi connectivity index (χ4v) is 2.70. The molecule has 0 unspecified atom stereocenters. The van der Waals surface area contributed by atoms with E-state index in [-0.39, 0.29) is 6.54 Å². The minimum atomic E-state index is -4.39. The Morgan fingerprint density at radius 2 is 2.18 bits per heavy atom. The summed E-state index contributed by atoms with van der Waals surface area (Å²) in [6.07, 6.45) is -4.39. The normalized spacial score (nSPS) is 11.5. The van der Waals surface area contributed by atoms with Crippen LogP contribution in [-0.2, 0) is 12.7 Å². The summed E-state index contributed by atoms with van der Waals surface area (Å²) in [4.78, 5) is 0. The zero-order valence-electron chi connectivity index (χ0n) is 11.5. The first-order valence-corrected chi connectivity index (χ1v) is 7.31. The van der Waals surface area contributed by atoms with Crippen LogP contribution in [0.2, 0.25) is 0 Å². The maximum absolute atomic E-state index is 12.7. The van der Waals surface area contributed by atoms with Crippen LogP contribution >= 0.6 is 11.3 Å². The zero-order valence-corrected chi connectivity index (χ0v) is 12.3. The largest absolute Gasteiger partial charge is 0.417 e. The number of aromatic nitrogens is 3. The molecule has 7 heteroatoms. The van der Waals surface area contributed by atoms with Gasteiger partial charge in [0.05, 0.1) is 17.8 Å². The summed E-state index contributed by atoms with van der Waals surface area (Å²) >= 11 is 1.55. The topological polar surface area (TPSA) is 30.7 Å². The smallest absolute Gasteiger partial charge is 0.244 e. The van der Waals surface area contributed by atoms with E-state index >= 15 is 0 Å². The van der Waals surface area contributed by atoms with E-state index in [1.54, 1.807) is 16.0 Å². The average Bonchev–Trinajstić information content (AvgIpc) is 3.09. The molecule has 0 fully saturated rings. The minimum absolute atomic E-state index is 0.170. The molecule has 0 N–H and O–H groups in total. The van der Waals surface area contributed by atoms with Crippen molar-refractivity contribution < 1.29 is 13.2 Å². The Balaban J connectivity index is 1.88. The quantitative estimate of drug-likeness (QED) is 0.730. The van der Waals surface area contributed by atoms with Crippen molar-refractivity contribution in [3.05, 3.63) is 57.9 Å². The molecule has 0 spiro atoms. The van der Waals surface area contributed by atoms with Crippen molar-refractivity contribution in [2.75, 3.05) is 0 Å². The zero-order chi connectivity index (χ0) is 15.7. The monoisotopic (exact) mass is 321 g/mol. The van der Waals surface area contributed by atoms with E-state index in [4.69, 9.17) is 0 Å². The first kappa shape index (κ1) is 14.6. The van der Waals surface area contributed by atoms with E-state index in [9.17, 15) is 13.2 Å². The van der Waals surface area contributed by atoms with Crippen molar-refractivity contribution in [2.24, 2.45) is 0 Å². The molecule has 0 saturated heterocycles. The lowest BCUT2D eigenvalue weighted by Crippen LogP contribution is -2.07. The van der Waals surface area contributed by atoms with Crippen LogP contribution in [0.5, 0.6) is 0 Å². The van der Waals surface area contributed by atoms with Crippen LogP contribution in [0.1, 0.15) is 16.8 Å². The van der Waals surface area contributed by atoms with Crippen molar-refractivity contribution >= 4 is 11.3 Å². The fraction of sp³-hybridized carbons (Fsp3) is 0.200. The molecule has 22 heavy (non-hydrogen) atoms. The van der Waals surface area contributed by atoms with Crippen LogP contribution in [0.4, 0.5) is 13.2 Å². The lowest BCUT2D eigenvalue weighted by Gasteiger charge is -2.07. The number of hydrogen-bond acceptors (Lipinski definition) is 3. The lowest BCUT2D eigenvalue weighted by molar-refractivity contribution is -0.137. The summed E-state index contributed by atoms with van der Waals surface area (Å²) in [6.45, 7) is 2.01. The van der Waals surface area contributed by atoms with Crippen molar-refractivity contribution in [2.45, 2.75) is 19.6 Å². The third-order valence-corrected chi connectivity index (χ3v) is 3.90. The summed E-state index contributed by atoms with van der Waals surface area (Å²) in [7, 11) is 0. The van der Waals surface area contributed by atoms with Gasteiger partial charge in [-0.1, -0.05) is 17.3 Å². The molecule has 0 amide bonds. The van der Waals surface area contributed by atoms with Crippen LogP contribution in [0, 0.1) is 19.1 Å². The van der Waals surface area contributed by atoms with Crippen LogP contribution in [0.25, 0.3) is 11.3 Å². The fourth-order valence-electron chi connectivity index (χ4n) is 2.06. The van der Waals surface area contributed by atoms with Gasteiger partial charge in [-0.3, -0.25) is 0 Å². The van der Waals surface area contributed by atoms with Crippen LogP contribution in [-0.4, -0.2) is 15.0 Å². The molecule has 1 aromatic carbocycles. The third-order valence-electron chi connectivity index (χ3n) is 3.21. The van der Waals surface area contributed by atoms with Crippen LogP contribution in [0.15, 0.2) is 29.0 Å².